The summed E-state index contributed by atoms with van der Waals surface area (Å²) in [6.07, 6.45) is -5.49. The van der Waals surface area contributed by atoms with E-state index in [2.05, 4.69) is 0 Å². The third-order valence-corrected chi connectivity index (χ3v) is 2.96. The smallest absolute Gasteiger partial charge is 0.416 e. The van der Waals surface area contributed by atoms with Gasteiger partial charge < -0.3 is 9.84 Å². The maximum atomic E-state index is 12.8. The second-order valence-corrected chi connectivity index (χ2v) is 4.66. The zero-order valence-corrected chi connectivity index (χ0v) is 9.59. The van der Waals surface area contributed by atoms with Gasteiger partial charge in [0.05, 0.1) is 11.7 Å². The molecule has 0 amide bonds. The van der Waals surface area contributed by atoms with Crippen molar-refractivity contribution < 1.29 is 27.4 Å². The topological polar surface area (TPSA) is 29.5 Å². The van der Waals surface area contributed by atoms with Gasteiger partial charge in [-0.25, -0.2) is 4.39 Å². The van der Waals surface area contributed by atoms with E-state index in [0.717, 1.165) is 12.1 Å². The van der Waals surface area contributed by atoms with Crippen molar-refractivity contribution in [2.75, 3.05) is 6.67 Å². The van der Waals surface area contributed by atoms with Gasteiger partial charge in [-0.2, -0.15) is 13.2 Å². The summed E-state index contributed by atoms with van der Waals surface area (Å²) in [7, 11) is 0. The lowest BCUT2D eigenvalue weighted by Crippen LogP contribution is -2.40. The fourth-order valence-corrected chi connectivity index (χ4v) is 1.98. The number of aliphatic hydroxyl groups excluding tert-OH is 1. The molecule has 6 heteroatoms. The number of benzene rings is 1. The summed E-state index contributed by atoms with van der Waals surface area (Å²) in [5.41, 5.74) is -1.90. The van der Waals surface area contributed by atoms with Crippen LogP contribution in [0.4, 0.5) is 17.6 Å². The molecule has 0 radical (unpaired) electrons. The Labute approximate surface area is 101 Å². The average Bonchev–Trinajstić information content (AvgIpc) is 2.27. The minimum absolute atomic E-state index is 0.0157. The second kappa shape index (κ2) is 4.12. The highest BCUT2D eigenvalue weighted by molar-refractivity contribution is 5.42. The van der Waals surface area contributed by atoms with E-state index in [1.807, 2.05) is 0 Å². The van der Waals surface area contributed by atoms with Gasteiger partial charge in [0, 0.05) is 12.0 Å². The van der Waals surface area contributed by atoms with Gasteiger partial charge in [0.1, 0.15) is 18.0 Å². The van der Waals surface area contributed by atoms with Crippen LogP contribution in [-0.2, 0) is 6.18 Å². The van der Waals surface area contributed by atoms with Gasteiger partial charge in [-0.1, -0.05) is 6.07 Å². The maximum Gasteiger partial charge on any atom is 0.416 e. The molecule has 1 aliphatic rings. The van der Waals surface area contributed by atoms with Gasteiger partial charge >= 0.3 is 6.18 Å². The molecule has 0 spiro atoms. The lowest BCUT2D eigenvalue weighted by molar-refractivity contribution is -0.138. The molecule has 2 rings (SSSR count). The van der Waals surface area contributed by atoms with Crippen molar-refractivity contribution in [2.24, 2.45) is 0 Å². The molecule has 100 valence electrons. The predicted molar refractivity (Wildman–Crippen MR) is 56.0 cm³/mol. The molecule has 0 bridgehead atoms. The fourth-order valence-electron chi connectivity index (χ4n) is 1.98. The van der Waals surface area contributed by atoms with Crippen LogP contribution < -0.4 is 4.74 Å². The quantitative estimate of drug-likeness (QED) is 0.789. The monoisotopic (exact) mass is 264 g/mol. The normalized spacial score (nSPS) is 27.6. The van der Waals surface area contributed by atoms with Crippen LogP contribution >= 0.6 is 0 Å². The number of alkyl halides is 4. The summed E-state index contributed by atoms with van der Waals surface area (Å²) < 4.78 is 55.7. The van der Waals surface area contributed by atoms with Gasteiger partial charge in [-0.05, 0) is 19.1 Å². The number of hydrogen-bond donors (Lipinski definition) is 1. The van der Waals surface area contributed by atoms with Gasteiger partial charge in [0.15, 0.2) is 0 Å². The van der Waals surface area contributed by atoms with E-state index < -0.39 is 30.1 Å². The van der Waals surface area contributed by atoms with Gasteiger partial charge in [0.25, 0.3) is 0 Å². The number of ether oxygens (including phenoxy) is 1. The molecular formula is C12H12F4O2. The molecule has 1 heterocycles. The molecule has 1 unspecified atom stereocenters. The van der Waals surface area contributed by atoms with Crippen molar-refractivity contribution in [3.8, 4) is 5.75 Å². The second-order valence-electron chi connectivity index (χ2n) is 4.66. The van der Waals surface area contributed by atoms with Crippen LogP contribution in [0, 0.1) is 0 Å². The molecule has 2 nitrogen and oxygen atoms in total. The summed E-state index contributed by atoms with van der Waals surface area (Å²) in [6.45, 7) is 0.541. The number of aliphatic hydroxyl groups is 1. The Balaban J connectivity index is 2.43. The molecule has 0 fully saturated rings. The van der Waals surface area contributed by atoms with Gasteiger partial charge in [-0.15, -0.1) is 0 Å². The van der Waals surface area contributed by atoms with Gasteiger partial charge in [-0.3, -0.25) is 0 Å². The zero-order chi connectivity index (χ0) is 13.6. The first-order valence-corrected chi connectivity index (χ1v) is 5.39. The highest BCUT2D eigenvalue weighted by Crippen LogP contribution is 2.42. The van der Waals surface area contributed by atoms with Crippen LogP contribution in [0.5, 0.6) is 5.75 Å². The highest BCUT2D eigenvalue weighted by atomic mass is 19.4. The van der Waals surface area contributed by atoms with Crippen molar-refractivity contribution in [1.82, 2.24) is 0 Å². The third kappa shape index (κ3) is 2.29. The lowest BCUT2D eigenvalue weighted by Gasteiger charge is -2.36. The number of fused-ring (bicyclic) bond motifs is 1. The summed E-state index contributed by atoms with van der Waals surface area (Å²) in [6, 6.07) is 2.84. The zero-order valence-electron chi connectivity index (χ0n) is 9.59. The fraction of sp³-hybridized carbons (Fsp3) is 0.500. The van der Waals surface area contributed by atoms with Crippen molar-refractivity contribution in [2.45, 2.75) is 31.2 Å². The van der Waals surface area contributed by atoms with Crippen LogP contribution in [0.25, 0.3) is 0 Å². The Kier molecular flexibility index (Phi) is 3.01. The van der Waals surface area contributed by atoms with E-state index in [1.54, 1.807) is 0 Å². The first kappa shape index (κ1) is 13.1. The minimum atomic E-state index is -4.49. The van der Waals surface area contributed by atoms with E-state index in [-0.39, 0.29) is 17.7 Å². The maximum absolute atomic E-state index is 12.8. The lowest BCUT2D eigenvalue weighted by atomic mass is 9.90. The van der Waals surface area contributed by atoms with Crippen LogP contribution in [0.1, 0.15) is 30.6 Å². The number of hydrogen-bond acceptors (Lipinski definition) is 2. The third-order valence-electron chi connectivity index (χ3n) is 2.96. The van der Waals surface area contributed by atoms with Crippen molar-refractivity contribution in [3.05, 3.63) is 29.3 Å². The van der Waals surface area contributed by atoms with E-state index in [0.29, 0.717) is 0 Å². The molecule has 0 saturated heterocycles. The molecule has 0 aliphatic carbocycles. The molecule has 1 aromatic carbocycles. The molecule has 1 aromatic rings. The van der Waals surface area contributed by atoms with Crippen LogP contribution in [0.2, 0.25) is 0 Å². The van der Waals surface area contributed by atoms with Crippen LogP contribution in [0.15, 0.2) is 18.2 Å². The molecule has 2 atom stereocenters. The average molecular weight is 264 g/mol. The van der Waals surface area contributed by atoms with Gasteiger partial charge in [0.2, 0.25) is 0 Å². The number of halogens is 4. The van der Waals surface area contributed by atoms with E-state index in [1.165, 1.54) is 13.0 Å². The Morgan fingerprint density at radius 3 is 2.67 bits per heavy atom. The first-order valence-electron chi connectivity index (χ1n) is 5.39. The molecule has 0 saturated carbocycles. The Hall–Kier alpha value is -1.30. The Bertz CT molecular complexity index is 458. The van der Waals surface area contributed by atoms with E-state index in [4.69, 9.17) is 4.74 Å². The van der Waals surface area contributed by atoms with Crippen molar-refractivity contribution >= 4 is 0 Å². The van der Waals surface area contributed by atoms with Crippen LogP contribution in [-0.4, -0.2) is 17.4 Å². The largest absolute Gasteiger partial charge is 0.484 e. The van der Waals surface area contributed by atoms with Crippen molar-refractivity contribution in [3.63, 3.8) is 0 Å². The summed E-state index contributed by atoms with van der Waals surface area (Å²) in [4.78, 5) is 0. The summed E-state index contributed by atoms with van der Waals surface area (Å²) in [5, 5.41) is 9.79. The number of rotatable bonds is 1. The van der Waals surface area contributed by atoms with E-state index >= 15 is 0 Å². The standard InChI is InChI=1S/C12H12F4O2/c1-11(6-13)5-9(17)8-3-2-7(12(14,15)16)4-10(8)18-11/h2-4,9,17H,5-6H2,1H3/t9-,11?/m0/s1. The Morgan fingerprint density at radius 1 is 1.44 bits per heavy atom. The molecule has 1 N–H and O–H groups in total. The minimum Gasteiger partial charge on any atom is -0.484 e. The SMILES string of the molecule is CC1(CF)C[C@H](O)c2ccc(C(F)(F)F)cc2O1. The highest BCUT2D eigenvalue weighted by Gasteiger charge is 2.39. The molecular weight excluding hydrogens is 252 g/mol. The molecule has 0 aromatic heterocycles. The van der Waals surface area contributed by atoms with Crippen LogP contribution in [0.3, 0.4) is 0 Å². The summed E-state index contributed by atoms with van der Waals surface area (Å²) >= 11 is 0. The predicted octanol–water partition coefficient (Wildman–Crippen LogP) is 3.25. The summed E-state index contributed by atoms with van der Waals surface area (Å²) in [5.74, 6) is -0.108. The van der Waals surface area contributed by atoms with E-state index in [9.17, 15) is 22.7 Å². The first-order chi connectivity index (χ1) is 8.25. The molecule has 18 heavy (non-hydrogen) atoms. The van der Waals surface area contributed by atoms with Crippen molar-refractivity contribution in [1.29, 1.82) is 0 Å². The Morgan fingerprint density at radius 2 is 2.11 bits per heavy atom. The molecule has 1 aliphatic heterocycles.